The second-order valence-electron chi connectivity index (χ2n) is 0.813. The maximum Gasteiger partial charge on any atom is 1.00 e. The van der Waals surface area contributed by atoms with E-state index >= 15 is 0 Å². The zero-order valence-corrected chi connectivity index (χ0v) is 14.8. The fourth-order valence-corrected chi connectivity index (χ4v) is 0. The molecule has 8 nitrogen and oxygen atoms in total. The van der Waals surface area contributed by atoms with Crippen LogP contribution in [0.25, 0.3) is 0 Å². The van der Waals surface area contributed by atoms with Gasteiger partial charge < -0.3 is 17.5 Å². The van der Waals surface area contributed by atoms with Crippen LogP contribution in [0.15, 0.2) is 0 Å². The Bertz CT molecular complexity index is 207. The molecule has 1 unspecified atom stereocenters. The van der Waals surface area contributed by atoms with E-state index in [1.165, 1.54) is 0 Å². The third-order valence-corrected chi connectivity index (χ3v) is 1.50. The minimum absolute atomic E-state index is 0. The maximum absolute atomic E-state index is 9.16. The molecule has 0 aliphatic rings. The predicted octanol–water partition coefficient (Wildman–Crippen LogP) is -10.6. The minimum atomic E-state index is -5.07. The Morgan fingerprint density at radius 3 is 1.38 bits per heavy atom. The summed E-state index contributed by atoms with van der Waals surface area (Å²) in [6.45, 7) is 0. The van der Waals surface area contributed by atoms with Gasteiger partial charge in [-0.05, 0) is 4.20 Å². The summed E-state index contributed by atoms with van der Waals surface area (Å²) in [4.78, 5) is 0. The van der Waals surface area contributed by atoms with Crippen LogP contribution in [0.4, 0.5) is 0 Å². The molecule has 0 aromatic carbocycles. The number of hydrogen-bond acceptors (Lipinski definition) is 8. The van der Waals surface area contributed by atoms with Crippen LogP contribution in [0.3, 0.4) is 0 Å². The molecule has 0 radical (unpaired) electrons. The molecule has 0 aliphatic heterocycles. The molecule has 1 atom stereocenters. The van der Waals surface area contributed by atoms with Crippen LogP contribution >= 0.6 is 0 Å². The molecule has 0 amide bonds. The number of hydrogen-bond donors (Lipinski definition) is 1. The Labute approximate surface area is 146 Å². The van der Waals surface area contributed by atoms with Crippen molar-refractivity contribution in [2.45, 2.75) is 0 Å². The van der Waals surface area contributed by atoms with Crippen molar-refractivity contribution < 1.29 is 130 Å². The molecule has 0 saturated carbocycles. The average Bonchev–Trinajstić information content (AvgIpc) is 1.59. The number of halogens is 1. The summed E-state index contributed by atoms with van der Waals surface area (Å²) in [6, 6.07) is 0. The van der Waals surface area contributed by atoms with Gasteiger partial charge in [0, 0.05) is 0 Å². The van der Waals surface area contributed by atoms with Crippen molar-refractivity contribution in [2.24, 2.45) is 0 Å². The molecule has 0 aromatic rings. The summed E-state index contributed by atoms with van der Waals surface area (Å²) in [5.74, 6) is 0. The normalized spacial score (nSPS) is 11.5. The molecular formula is HBrKNaO8S2. The Balaban J connectivity index is -0.0000000600. The first-order chi connectivity index (χ1) is 4.68. The molecule has 0 bridgehead atoms. The smallest absolute Gasteiger partial charge is 0.761 e. The zero-order chi connectivity index (χ0) is 9.65. The van der Waals surface area contributed by atoms with E-state index in [0.29, 0.717) is 0 Å². The largest absolute Gasteiger partial charge is 1.00 e. The zero-order valence-electron chi connectivity index (χ0n) is 6.50. The Hall–Kier alpha value is 3.02. The van der Waals surface area contributed by atoms with Crippen molar-refractivity contribution in [3.8, 4) is 0 Å². The van der Waals surface area contributed by atoms with Crippen LogP contribution < -0.4 is 89.3 Å². The first-order valence-corrected chi connectivity index (χ1v) is 6.48. The van der Waals surface area contributed by atoms with E-state index in [1.54, 1.807) is 0 Å². The van der Waals surface area contributed by atoms with Crippen LogP contribution in [0.1, 0.15) is 0 Å². The molecular weight excluding hydrogens is 334 g/mol. The fraction of sp³-hybridized carbons (Fsp3) is 0. The van der Waals surface area contributed by atoms with Gasteiger partial charge in [0.15, 0.2) is 9.15 Å². The topological polar surface area (TPSA) is 164 Å². The molecule has 0 saturated heterocycles. The van der Waals surface area contributed by atoms with Gasteiger partial charge in [0.25, 0.3) is 0 Å². The van der Waals surface area contributed by atoms with E-state index in [2.05, 4.69) is 0 Å². The summed E-state index contributed by atoms with van der Waals surface area (Å²) in [6.07, 6.45) is 0. The van der Waals surface area contributed by atoms with Gasteiger partial charge in [0.05, 0.1) is 10.1 Å². The van der Waals surface area contributed by atoms with Crippen molar-refractivity contribution in [1.82, 2.24) is 0 Å². The van der Waals surface area contributed by atoms with E-state index in [-0.39, 0.29) is 80.9 Å². The summed E-state index contributed by atoms with van der Waals surface area (Å²) in [5.41, 5.74) is 0. The third-order valence-electron chi connectivity index (χ3n) is 0.167. The van der Waals surface area contributed by atoms with E-state index in [1.807, 2.05) is 0 Å². The van der Waals surface area contributed by atoms with Gasteiger partial charge in [-0.15, -0.1) is 0 Å². The summed E-state index contributed by atoms with van der Waals surface area (Å²) >= 11 is -3.40. The predicted molar refractivity (Wildman–Crippen MR) is 20.8 cm³/mol. The van der Waals surface area contributed by atoms with Gasteiger partial charge in [0.2, 0.25) is 0 Å². The standard InChI is InChI=1S/BrHO3.K.Na.H2O5S2/c2-1(3)4;;;1-6(2)7(3,4)5/h2H;;;(H,1,2)(H,3,4,5)/q;2*+1;/p-2. The van der Waals surface area contributed by atoms with Crippen LogP contribution in [-0.2, 0) is 19.3 Å². The van der Waals surface area contributed by atoms with Gasteiger partial charge in [-0.1, -0.05) is 0 Å². The van der Waals surface area contributed by atoms with E-state index in [0.717, 1.165) is 0 Å². The van der Waals surface area contributed by atoms with Crippen LogP contribution in [0.2, 0.25) is 0 Å². The van der Waals surface area contributed by atoms with Crippen molar-refractivity contribution in [3.63, 3.8) is 0 Å². The fourth-order valence-electron chi connectivity index (χ4n) is 0. The van der Waals surface area contributed by atoms with Gasteiger partial charge in [-0.3, -0.25) is 4.21 Å². The summed E-state index contributed by atoms with van der Waals surface area (Å²) in [7, 11) is -8.59. The van der Waals surface area contributed by atoms with Crippen molar-refractivity contribution >= 4 is 19.3 Å². The molecule has 0 aliphatic carbocycles. The van der Waals surface area contributed by atoms with Crippen molar-refractivity contribution in [1.29, 1.82) is 0 Å². The second-order valence-corrected chi connectivity index (χ2v) is 4.92. The Morgan fingerprint density at radius 2 is 1.38 bits per heavy atom. The first-order valence-electron chi connectivity index (χ1n) is 1.48. The minimum Gasteiger partial charge on any atom is -0.761 e. The quantitative estimate of drug-likeness (QED) is 0.213. The van der Waals surface area contributed by atoms with Crippen LogP contribution in [0.5, 0.6) is 0 Å². The third kappa shape index (κ3) is 31.3. The molecule has 13 heteroatoms. The SMILES string of the molecule is O=S([O-])S(=O)(=O)[O-].[K+].[Na+].[O-][Br+2]([O-])O. The molecule has 13 heavy (non-hydrogen) atoms. The van der Waals surface area contributed by atoms with E-state index in [9.17, 15) is 0 Å². The van der Waals surface area contributed by atoms with Gasteiger partial charge in [0.1, 0.15) is 0 Å². The van der Waals surface area contributed by atoms with E-state index < -0.39 is 34.1 Å². The van der Waals surface area contributed by atoms with Gasteiger partial charge >= 0.3 is 95.8 Å². The average molecular weight is 335 g/mol. The first kappa shape index (κ1) is 25.0. The second kappa shape index (κ2) is 13.1. The van der Waals surface area contributed by atoms with Crippen LogP contribution in [-0.4, -0.2) is 25.9 Å². The molecule has 0 fully saturated rings. The Morgan fingerprint density at radius 1 is 1.31 bits per heavy atom. The van der Waals surface area contributed by atoms with Crippen LogP contribution in [0, 0.1) is 14.8 Å². The Kier molecular flexibility index (Phi) is 25.2. The molecule has 0 rings (SSSR count). The van der Waals surface area contributed by atoms with Gasteiger partial charge in [-0.25, -0.2) is 8.42 Å². The summed E-state index contributed by atoms with van der Waals surface area (Å²) < 4.78 is 70.0. The molecule has 70 valence electrons. The molecule has 1 N–H and O–H groups in total. The van der Waals surface area contributed by atoms with Crippen molar-refractivity contribution in [3.05, 3.63) is 0 Å². The summed E-state index contributed by atoms with van der Waals surface area (Å²) in [5, 5.41) is 0. The molecule has 0 aromatic heterocycles. The van der Waals surface area contributed by atoms with Crippen molar-refractivity contribution in [2.75, 3.05) is 0 Å². The monoisotopic (exact) mass is 334 g/mol. The van der Waals surface area contributed by atoms with E-state index in [4.69, 9.17) is 34.3 Å². The van der Waals surface area contributed by atoms with Gasteiger partial charge in [-0.2, -0.15) is 0 Å². The number of rotatable bonds is 1. The maximum atomic E-state index is 9.16. The molecule has 0 heterocycles. The molecule has 0 spiro atoms.